The lowest BCUT2D eigenvalue weighted by molar-refractivity contribution is 0.0576. The first-order valence-electron chi connectivity index (χ1n) is 6.19. The minimum Gasteiger partial charge on any atom is -0.381 e. The highest BCUT2D eigenvalue weighted by Gasteiger charge is 2.17. The van der Waals surface area contributed by atoms with Gasteiger partial charge in [0.25, 0.3) is 0 Å². The maximum Gasteiger partial charge on any atom is 0.0992 e. The van der Waals surface area contributed by atoms with E-state index in [4.69, 9.17) is 10.00 Å². The first kappa shape index (κ1) is 13.4. The SMILES string of the molecule is CN(CC1CCCOC1)c1ccc(C#N)cc1Br. The third-order valence-electron chi connectivity index (χ3n) is 3.27. The van der Waals surface area contributed by atoms with Gasteiger partial charge in [0.15, 0.2) is 0 Å². The lowest BCUT2D eigenvalue weighted by atomic mass is 10.0. The van der Waals surface area contributed by atoms with Crippen LogP contribution in [0.5, 0.6) is 0 Å². The summed E-state index contributed by atoms with van der Waals surface area (Å²) in [6.45, 7) is 2.75. The summed E-state index contributed by atoms with van der Waals surface area (Å²) in [6.07, 6.45) is 2.39. The van der Waals surface area contributed by atoms with Crippen LogP contribution in [-0.4, -0.2) is 26.8 Å². The quantitative estimate of drug-likeness (QED) is 0.860. The Balaban J connectivity index is 2.04. The summed E-state index contributed by atoms with van der Waals surface area (Å²) in [5.74, 6) is 0.603. The smallest absolute Gasteiger partial charge is 0.0992 e. The third-order valence-corrected chi connectivity index (χ3v) is 3.91. The standard InChI is InChI=1S/C14H17BrN2O/c1-17(9-12-3-2-6-18-10-12)14-5-4-11(8-16)7-13(14)15/h4-5,7,12H,2-3,6,9-10H2,1H3. The average Bonchev–Trinajstić information content (AvgIpc) is 2.39. The molecular formula is C14H17BrN2O. The Kier molecular flexibility index (Phi) is 4.62. The normalized spacial score (nSPS) is 19.3. The van der Waals surface area contributed by atoms with Gasteiger partial charge in [-0.2, -0.15) is 5.26 Å². The van der Waals surface area contributed by atoms with Crippen molar-refractivity contribution in [3.63, 3.8) is 0 Å². The van der Waals surface area contributed by atoms with Crippen LogP contribution in [0.4, 0.5) is 5.69 Å². The molecule has 2 rings (SSSR count). The van der Waals surface area contributed by atoms with Gasteiger partial charge in [-0.05, 0) is 52.9 Å². The highest BCUT2D eigenvalue weighted by Crippen LogP contribution is 2.28. The average molecular weight is 309 g/mol. The Morgan fingerprint density at radius 3 is 3.00 bits per heavy atom. The van der Waals surface area contributed by atoms with E-state index < -0.39 is 0 Å². The molecule has 1 saturated heterocycles. The summed E-state index contributed by atoms with van der Waals surface area (Å²) in [4.78, 5) is 2.23. The lowest BCUT2D eigenvalue weighted by Gasteiger charge is -2.29. The number of anilines is 1. The van der Waals surface area contributed by atoms with Gasteiger partial charge in [-0.25, -0.2) is 0 Å². The van der Waals surface area contributed by atoms with E-state index in [9.17, 15) is 0 Å². The van der Waals surface area contributed by atoms with Crippen molar-refractivity contribution in [1.82, 2.24) is 0 Å². The van der Waals surface area contributed by atoms with Crippen molar-refractivity contribution < 1.29 is 4.74 Å². The molecule has 1 unspecified atom stereocenters. The van der Waals surface area contributed by atoms with Crippen molar-refractivity contribution in [3.05, 3.63) is 28.2 Å². The third kappa shape index (κ3) is 3.24. The van der Waals surface area contributed by atoms with E-state index in [0.717, 1.165) is 36.3 Å². The molecule has 1 fully saturated rings. The molecule has 0 amide bonds. The lowest BCUT2D eigenvalue weighted by Crippen LogP contribution is -2.31. The van der Waals surface area contributed by atoms with Crippen LogP contribution in [0, 0.1) is 17.2 Å². The fraction of sp³-hybridized carbons (Fsp3) is 0.500. The summed E-state index contributed by atoms with van der Waals surface area (Å²) in [7, 11) is 2.08. The topological polar surface area (TPSA) is 36.3 Å². The van der Waals surface area contributed by atoms with Gasteiger partial charge < -0.3 is 9.64 Å². The van der Waals surface area contributed by atoms with Crippen molar-refractivity contribution in [2.24, 2.45) is 5.92 Å². The van der Waals surface area contributed by atoms with Crippen molar-refractivity contribution >= 4 is 21.6 Å². The van der Waals surface area contributed by atoms with Crippen LogP contribution in [0.15, 0.2) is 22.7 Å². The van der Waals surface area contributed by atoms with Crippen LogP contribution >= 0.6 is 15.9 Å². The molecule has 0 spiro atoms. The molecule has 1 aliphatic heterocycles. The second kappa shape index (κ2) is 6.21. The van der Waals surface area contributed by atoms with Crippen molar-refractivity contribution in [1.29, 1.82) is 5.26 Å². The summed E-state index contributed by atoms with van der Waals surface area (Å²) in [5.41, 5.74) is 1.81. The molecule has 0 N–H and O–H groups in total. The molecule has 0 bridgehead atoms. The fourth-order valence-electron chi connectivity index (χ4n) is 2.32. The molecular weight excluding hydrogens is 292 g/mol. The predicted octanol–water partition coefficient (Wildman–Crippen LogP) is 3.18. The highest BCUT2D eigenvalue weighted by molar-refractivity contribution is 9.10. The summed E-state index contributed by atoms with van der Waals surface area (Å²) >= 11 is 3.53. The van der Waals surface area contributed by atoms with E-state index in [1.165, 1.54) is 6.42 Å². The van der Waals surface area contributed by atoms with Gasteiger partial charge in [-0.1, -0.05) is 0 Å². The molecule has 4 heteroatoms. The van der Waals surface area contributed by atoms with Crippen molar-refractivity contribution in [3.8, 4) is 6.07 Å². The molecule has 0 aliphatic carbocycles. The molecule has 0 saturated carbocycles. The highest BCUT2D eigenvalue weighted by atomic mass is 79.9. The van der Waals surface area contributed by atoms with Gasteiger partial charge in [0.2, 0.25) is 0 Å². The Morgan fingerprint density at radius 2 is 2.39 bits per heavy atom. The number of hydrogen-bond donors (Lipinski definition) is 0. The molecule has 1 atom stereocenters. The second-order valence-electron chi connectivity index (χ2n) is 4.74. The summed E-state index contributed by atoms with van der Waals surface area (Å²) in [5, 5.41) is 8.85. The van der Waals surface area contributed by atoms with Crippen LogP contribution in [-0.2, 0) is 4.74 Å². The zero-order valence-electron chi connectivity index (χ0n) is 10.5. The summed E-state index contributed by atoms with van der Waals surface area (Å²) < 4.78 is 6.48. The molecule has 3 nitrogen and oxygen atoms in total. The minimum absolute atomic E-state index is 0.603. The molecule has 1 aromatic carbocycles. The Hall–Kier alpha value is -1.05. The van der Waals surface area contributed by atoms with E-state index >= 15 is 0 Å². The number of nitriles is 1. The monoisotopic (exact) mass is 308 g/mol. The first-order chi connectivity index (χ1) is 8.70. The Morgan fingerprint density at radius 1 is 1.56 bits per heavy atom. The van der Waals surface area contributed by atoms with E-state index in [1.54, 1.807) is 0 Å². The number of halogens is 1. The van der Waals surface area contributed by atoms with Crippen molar-refractivity contribution in [2.45, 2.75) is 12.8 Å². The molecule has 0 radical (unpaired) electrons. The second-order valence-corrected chi connectivity index (χ2v) is 5.60. The van der Waals surface area contributed by atoms with E-state index in [2.05, 4.69) is 33.9 Å². The predicted molar refractivity (Wildman–Crippen MR) is 75.7 cm³/mol. The molecule has 96 valence electrons. The van der Waals surface area contributed by atoms with E-state index in [-0.39, 0.29) is 0 Å². The van der Waals surface area contributed by atoms with Gasteiger partial charge in [0.05, 0.1) is 23.9 Å². The minimum atomic E-state index is 0.603. The van der Waals surface area contributed by atoms with Gasteiger partial charge in [-0.15, -0.1) is 0 Å². The molecule has 1 aromatic rings. The van der Waals surface area contributed by atoms with Gasteiger partial charge in [-0.3, -0.25) is 0 Å². The number of ether oxygens (including phenoxy) is 1. The van der Waals surface area contributed by atoms with Crippen LogP contribution in [0.2, 0.25) is 0 Å². The maximum absolute atomic E-state index is 8.85. The zero-order valence-corrected chi connectivity index (χ0v) is 12.1. The Labute approximate surface area is 116 Å². The molecule has 1 heterocycles. The molecule has 18 heavy (non-hydrogen) atoms. The van der Waals surface area contributed by atoms with Crippen LogP contribution in [0.3, 0.4) is 0 Å². The number of nitrogens with zero attached hydrogens (tertiary/aromatic N) is 2. The van der Waals surface area contributed by atoms with Crippen LogP contribution < -0.4 is 4.90 Å². The van der Waals surface area contributed by atoms with Crippen molar-refractivity contribution in [2.75, 3.05) is 31.7 Å². The number of rotatable bonds is 3. The molecule has 0 aromatic heterocycles. The fourth-order valence-corrected chi connectivity index (χ4v) is 3.00. The van der Waals surface area contributed by atoms with E-state index in [1.807, 2.05) is 18.2 Å². The zero-order chi connectivity index (χ0) is 13.0. The summed E-state index contributed by atoms with van der Waals surface area (Å²) in [6, 6.07) is 7.86. The number of benzene rings is 1. The van der Waals surface area contributed by atoms with Gasteiger partial charge in [0, 0.05) is 24.7 Å². The molecule has 1 aliphatic rings. The van der Waals surface area contributed by atoms with Gasteiger partial charge in [0.1, 0.15) is 0 Å². The van der Waals surface area contributed by atoms with Crippen LogP contribution in [0.1, 0.15) is 18.4 Å². The largest absolute Gasteiger partial charge is 0.381 e. The van der Waals surface area contributed by atoms with E-state index in [0.29, 0.717) is 11.5 Å². The van der Waals surface area contributed by atoms with Gasteiger partial charge >= 0.3 is 0 Å². The first-order valence-corrected chi connectivity index (χ1v) is 6.98. The maximum atomic E-state index is 8.85. The Bertz CT molecular complexity index is 450. The number of hydrogen-bond acceptors (Lipinski definition) is 3. The van der Waals surface area contributed by atoms with Crippen LogP contribution in [0.25, 0.3) is 0 Å².